The van der Waals surface area contributed by atoms with Gasteiger partial charge in [0.15, 0.2) is 5.76 Å². The van der Waals surface area contributed by atoms with Crippen molar-refractivity contribution in [2.75, 3.05) is 18.4 Å². The Morgan fingerprint density at radius 3 is 2.20 bits per heavy atom. The Kier molecular flexibility index (Phi) is 11.4. The topological polar surface area (TPSA) is 150 Å². The third kappa shape index (κ3) is 7.45. The first-order valence-corrected chi connectivity index (χ1v) is 14.8. The van der Waals surface area contributed by atoms with Crippen molar-refractivity contribution in [2.24, 2.45) is 0 Å². The fourth-order valence-electron chi connectivity index (χ4n) is 4.17. The second kappa shape index (κ2) is 13.3. The van der Waals surface area contributed by atoms with Crippen LogP contribution in [0.1, 0.15) is 43.1 Å². The smallest absolute Gasteiger partial charge is 0.572 e. The van der Waals surface area contributed by atoms with E-state index in [1.165, 1.54) is 60.6 Å². The molecular weight excluding hydrogens is 591 g/mol. The summed E-state index contributed by atoms with van der Waals surface area (Å²) >= 11 is 6.07. The van der Waals surface area contributed by atoms with Gasteiger partial charge < -0.3 is 19.3 Å². The minimum atomic E-state index is -4.25. The van der Waals surface area contributed by atoms with Crippen molar-refractivity contribution in [3.8, 4) is 0 Å². The van der Waals surface area contributed by atoms with Crippen molar-refractivity contribution in [3.63, 3.8) is 0 Å². The molecule has 1 fully saturated rings. The van der Waals surface area contributed by atoms with E-state index in [9.17, 15) is 21.6 Å². The van der Waals surface area contributed by atoms with Crippen LogP contribution in [0.5, 0.6) is 0 Å². The Morgan fingerprint density at radius 1 is 1.05 bits per heavy atom. The standard InChI is InChI=1S/C24H27ClN4O7S2.CH4.Na/c1-14-12-29(13-15(2)35-14)38(33,34)20-8-6-19(7-9-20)26-24(30)21-11-18(25)5-10-22(21)28-37(31,32)23-16(3)27-36-17(23)4;;/h5-11,14-15H,12-13H2,1-4H3,(H2,26,28,30);1H4;/q;;+1/p-1. The average Bonchev–Trinajstić information content (AvgIpc) is 3.18. The van der Waals surface area contributed by atoms with Crippen molar-refractivity contribution in [3.05, 3.63) is 69.2 Å². The molecule has 0 bridgehead atoms. The second-order valence-corrected chi connectivity index (χ2v) is 12.9. The van der Waals surface area contributed by atoms with E-state index in [2.05, 4.69) is 15.2 Å². The fourth-order valence-corrected chi connectivity index (χ4v) is 7.26. The normalized spacial score (nSPS) is 17.8. The third-order valence-electron chi connectivity index (χ3n) is 5.78. The molecule has 0 spiro atoms. The Balaban J connectivity index is 0.00000280. The number of aryl methyl sites for hydroxylation is 2. The summed E-state index contributed by atoms with van der Waals surface area (Å²) in [5, 5.41) is 6.47. The molecule has 1 aliphatic rings. The molecule has 0 aliphatic carbocycles. The Bertz CT molecular complexity index is 1550. The quantitative estimate of drug-likeness (QED) is 0.394. The van der Waals surface area contributed by atoms with E-state index in [4.69, 9.17) is 20.9 Å². The number of hydrogen-bond acceptors (Lipinski definition) is 8. The molecule has 1 amide bonds. The van der Waals surface area contributed by atoms with Crippen LogP contribution < -0.4 is 34.9 Å². The number of carbonyl (C=O) groups is 1. The largest absolute Gasteiger partial charge is 1.00 e. The van der Waals surface area contributed by atoms with Crippen molar-refractivity contribution in [2.45, 2.75) is 57.1 Å². The molecule has 4 rings (SSSR count). The zero-order chi connectivity index (χ0) is 27.8. The maximum Gasteiger partial charge on any atom is 1.00 e. The molecule has 0 radical (unpaired) electrons. The summed E-state index contributed by atoms with van der Waals surface area (Å²) in [5.74, 6) is -0.617. The number of anilines is 1. The summed E-state index contributed by atoms with van der Waals surface area (Å²) in [4.78, 5) is 13.0. The van der Waals surface area contributed by atoms with Crippen LogP contribution in [-0.2, 0) is 24.8 Å². The molecule has 2 atom stereocenters. The van der Waals surface area contributed by atoms with Gasteiger partial charge in [0.25, 0.3) is 5.91 Å². The number of nitrogens with zero attached hydrogens (tertiary/aromatic N) is 3. The second-order valence-electron chi connectivity index (χ2n) is 8.94. The molecular formula is C25H30ClN4NaO7S2. The predicted molar refractivity (Wildman–Crippen MR) is 148 cm³/mol. The Hall–Kier alpha value is -1.97. The molecule has 0 saturated carbocycles. The number of nitrogens with one attached hydrogen (secondary N) is 1. The number of halogens is 1. The molecule has 2 heterocycles. The van der Waals surface area contributed by atoms with Gasteiger partial charge in [-0.15, -0.1) is 5.69 Å². The van der Waals surface area contributed by atoms with Crippen LogP contribution in [-0.4, -0.2) is 57.5 Å². The van der Waals surface area contributed by atoms with E-state index in [0.717, 1.165) is 0 Å². The fraction of sp³-hybridized carbons (Fsp3) is 0.360. The number of benzene rings is 2. The monoisotopic (exact) mass is 620 g/mol. The summed E-state index contributed by atoms with van der Waals surface area (Å²) in [6, 6.07) is 9.68. The molecule has 1 aromatic heterocycles. The summed E-state index contributed by atoms with van der Waals surface area (Å²) < 4.78 is 67.8. The first-order valence-electron chi connectivity index (χ1n) is 11.6. The molecule has 2 unspecified atom stereocenters. The maximum atomic E-state index is 13.1. The number of aromatic nitrogens is 1. The van der Waals surface area contributed by atoms with Crippen LogP contribution in [0.2, 0.25) is 5.02 Å². The molecule has 1 saturated heterocycles. The van der Waals surface area contributed by atoms with Gasteiger partial charge in [0, 0.05) is 29.4 Å². The molecule has 2 aromatic carbocycles. The van der Waals surface area contributed by atoms with E-state index in [1.54, 1.807) is 0 Å². The van der Waals surface area contributed by atoms with Gasteiger partial charge in [0.1, 0.15) is 14.9 Å². The molecule has 11 nitrogen and oxygen atoms in total. The molecule has 1 N–H and O–H groups in total. The first-order chi connectivity index (χ1) is 17.8. The molecule has 1 aliphatic heterocycles. The number of carbonyl (C=O) groups excluding carboxylic acids is 1. The van der Waals surface area contributed by atoms with Gasteiger partial charge in [-0.3, -0.25) is 4.79 Å². The summed E-state index contributed by atoms with van der Waals surface area (Å²) in [6.45, 7) is 7.02. The van der Waals surface area contributed by atoms with Crippen LogP contribution in [0.25, 0.3) is 4.72 Å². The van der Waals surface area contributed by atoms with Crippen LogP contribution >= 0.6 is 11.6 Å². The van der Waals surface area contributed by atoms with Crippen molar-refractivity contribution >= 4 is 48.9 Å². The molecule has 3 aromatic rings. The van der Waals surface area contributed by atoms with Gasteiger partial charge in [-0.1, -0.05) is 30.3 Å². The number of ether oxygens (including phenoxy) is 1. The number of rotatable bonds is 7. The average molecular weight is 621 g/mol. The number of hydrogen-bond donors (Lipinski definition) is 1. The van der Waals surface area contributed by atoms with E-state index in [-0.39, 0.29) is 105 Å². The van der Waals surface area contributed by atoms with E-state index in [0.29, 0.717) is 0 Å². The van der Waals surface area contributed by atoms with Gasteiger partial charge in [0.05, 0.1) is 22.8 Å². The SMILES string of the molecule is C.Cc1noc(C)c1S(=O)(=O)[N-]c1ccc(Cl)cc1C(=O)Nc1ccc(S(=O)(=O)N2CC(C)OC(C)C2)cc1.[Na+]. The summed E-state index contributed by atoms with van der Waals surface area (Å²) in [7, 11) is -8.01. The van der Waals surface area contributed by atoms with Crippen molar-refractivity contribution in [1.29, 1.82) is 0 Å². The van der Waals surface area contributed by atoms with Gasteiger partial charge in [-0.25, -0.2) is 16.8 Å². The van der Waals surface area contributed by atoms with Gasteiger partial charge in [-0.2, -0.15) is 4.31 Å². The number of amides is 1. The minimum absolute atomic E-state index is 0. The van der Waals surface area contributed by atoms with Crippen molar-refractivity contribution in [1.82, 2.24) is 9.46 Å². The maximum absolute atomic E-state index is 13.1. The van der Waals surface area contributed by atoms with Crippen LogP contribution in [0.3, 0.4) is 0 Å². The Labute approximate surface area is 262 Å². The van der Waals surface area contributed by atoms with E-state index >= 15 is 0 Å². The van der Waals surface area contributed by atoms with Crippen LogP contribution in [0.15, 0.2) is 56.8 Å². The molecule has 15 heteroatoms. The van der Waals surface area contributed by atoms with Gasteiger partial charge in [-0.05, 0) is 64.1 Å². The first kappa shape index (κ1) is 34.2. The third-order valence-corrected chi connectivity index (χ3v) is 9.40. The zero-order valence-electron chi connectivity index (χ0n) is 22.0. The predicted octanol–water partition coefficient (Wildman–Crippen LogP) is 2.03. The summed E-state index contributed by atoms with van der Waals surface area (Å²) in [5.41, 5.74) is 0.196. The van der Waals surface area contributed by atoms with Crippen LogP contribution in [0.4, 0.5) is 11.4 Å². The van der Waals surface area contributed by atoms with Crippen LogP contribution in [0, 0.1) is 13.8 Å². The van der Waals surface area contributed by atoms with E-state index < -0.39 is 26.0 Å². The zero-order valence-corrected chi connectivity index (χ0v) is 26.4. The van der Waals surface area contributed by atoms with Gasteiger partial charge in [0.2, 0.25) is 10.0 Å². The van der Waals surface area contributed by atoms with Gasteiger partial charge >= 0.3 is 29.6 Å². The van der Waals surface area contributed by atoms with E-state index in [1.807, 2.05) is 13.8 Å². The molecule has 40 heavy (non-hydrogen) atoms. The number of morpholine rings is 1. The Morgan fingerprint density at radius 2 is 1.65 bits per heavy atom. The number of sulfonamides is 2. The minimum Gasteiger partial charge on any atom is -0.572 e. The molecule has 212 valence electrons. The van der Waals surface area contributed by atoms with Crippen molar-refractivity contribution < 1.29 is 60.4 Å². The summed E-state index contributed by atoms with van der Waals surface area (Å²) in [6.07, 6.45) is -0.461.